The largest absolute Gasteiger partial charge is 0.326 e. The average molecular weight is 391 g/mol. The van der Waals surface area contributed by atoms with Crippen molar-refractivity contribution < 1.29 is 4.79 Å². The van der Waals surface area contributed by atoms with E-state index in [9.17, 15) is 4.79 Å². The molecule has 0 aromatic heterocycles. The molecule has 0 unspecified atom stereocenters. The van der Waals surface area contributed by atoms with Crippen molar-refractivity contribution in [2.75, 3.05) is 29.9 Å². The molecule has 3 aromatic carbocycles. The van der Waals surface area contributed by atoms with Gasteiger partial charge in [-0.2, -0.15) is 11.8 Å². The SMILES string of the molecule is Cc1ccc(CN2CCSCC2)cc1NC(=O)Cc1ccc2ccccc2c1. The molecule has 1 saturated heterocycles. The number of anilines is 1. The second-order valence-electron chi connectivity index (χ2n) is 7.44. The van der Waals surface area contributed by atoms with Crippen molar-refractivity contribution >= 4 is 34.1 Å². The maximum atomic E-state index is 12.6. The number of thioether (sulfide) groups is 1. The van der Waals surface area contributed by atoms with Gasteiger partial charge in [0, 0.05) is 36.8 Å². The summed E-state index contributed by atoms with van der Waals surface area (Å²) in [5.41, 5.74) is 4.33. The van der Waals surface area contributed by atoms with E-state index in [1.807, 2.05) is 36.9 Å². The van der Waals surface area contributed by atoms with Gasteiger partial charge in [0.15, 0.2) is 0 Å². The molecule has 1 fully saturated rings. The number of carbonyl (C=O) groups is 1. The minimum absolute atomic E-state index is 0.0323. The summed E-state index contributed by atoms with van der Waals surface area (Å²) in [6, 6.07) is 20.9. The molecule has 1 aliphatic heterocycles. The molecule has 0 bridgehead atoms. The second kappa shape index (κ2) is 8.80. The van der Waals surface area contributed by atoms with E-state index >= 15 is 0 Å². The van der Waals surface area contributed by atoms with Crippen molar-refractivity contribution in [2.45, 2.75) is 19.9 Å². The number of nitrogens with zero attached hydrogens (tertiary/aromatic N) is 1. The topological polar surface area (TPSA) is 32.3 Å². The number of hydrogen-bond donors (Lipinski definition) is 1. The molecular weight excluding hydrogens is 364 g/mol. The van der Waals surface area contributed by atoms with Crippen LogP contribution in [0.3, 0.4) is 0 Å². The van der Waals surface area contributed by atoms with Crippen LogP contribution in [0.4, 0.5) is 5.69 Å². The van der Waals surface area contributed by atoms with E-state index in [2.05, 4.69) is 52.7 Å². The Morgan fingerprint density at radius 1 is 0.964 bits per heavy atom. The summed E-state index contributed by atoms with van der Waals surface area (Å²) in [7, 11) is 0. The minimum atomic E-state index is 0.0323. The van der Waals surface area contributed by atoms with Crippen LogP contribution in [0.5, 0.6) is 0 Å². The zero-order chi connectivity index (χ0) is 19.3. The summed E-state index contributed by atoms with van der Waals surface area (Å²) in [5, 5.41) is 5.50. The van der Waals surface area contributed by atoms with E-state index in [-0.39, 0.29) is 5.91 Å². The third kappa shape index (κ3) is 4.75. The number of carbonyl (C=O) groups excluding carboxylic acids is 1. The molecule has 0 spiro atoms. The van der Waals surface area contributed by atoms with E-state index < -0.39 is 0 Å². The molecule has 4 heteroatoms. The maximum Gasteiger partial charge on any atom is 0.228 e. The molecule has 1 aliphatic rings. The predicted octanol–water partition coefficient (Wildman–Crippen LogP) is 4.88. The first-order chi connectivity index (χ1) is 13.7. The van der Waals surface area contributed by atoms with Crippen molar-refractivity contribution in [3.05, 3.63) is 77.4 Å². The summed E-state index contributed by atoms with van der Waals surface area (Å²) < 4.78 is 0. The Balaban J connectivity index is 1.43. The quantitative estimate of drug-likeness (QED) is 0.674. The number of rotatable bonds is 5. The highest BCUT2D eigenvalue weighted by Crippen LogP contribution is 2.21. The standard InChI is InChI=1S/C24H26N2OS/c1-18-6-7-20(17-26-10-12-28-13-11-26)15-23(18)25-24(27)16-19-8-9-21-4-2-3-5-22(21)14-19/h2-9,14-15H,10-13,16-17H2,1H3,(H,25,27). The monoisotopic (exact) mass is 390 g/mol. The summed E-state index contributed by atoms with van der Waals surface area (Å²) in [6.45, 7) is 5.28. The van der Waals surface area contributed by atoms with E-state index in [4.69, 9.17) is 0 Å². The average Bonchev–Trinajstić information content (AvgIpc) is 2.71. The first-order valence-electron chi connectivity index (χ1n) is 9.84. The lowest BCUT2D eigenvalue weighted by atomic mass is 10.0. The van der Waals surface area contributed by atoms with Gasteiger partial charge in [0.1, 0.15) is 0 Å². The van der Waals surface area contributed by atoms with Crippen LogP contribution in [-0.4, -0.2) is 35.4 Å². The van der Waals surface area contributed by atoms with Crippen LogP contribution in [0.15, 0.2) is 60.7 Å². The van der Waals surface area contributed by atoms with Crippen LogP contribution in [0.1, 0.15) is 16.7 Å². The second-order valence-corrected chi connectivity index (χ2v) is 8.67. The lowest BCUT2D eigenvalue weighted by molar-refractivity contribution is -0.115. The van der Waals surface area contributed by atoms with Crippen LogP contribution in [0.2, 0.25) is 0 Å². The molecule has 4 rings (SSSR count). The Morgan fingerprint density at radius 3 is 2.54 bits per heavy atom. The Labute approximate surface area is 171 Å². The summed E-state index contributed by atoms with van der Waals surface area (Å²) >= 11 is 2.03. The normalized spacial score (nSPS) is 14.9. The van der Waals surface area contributed by atoms with Gasteiger partial charge in [0.25, 0.3) is 0 Å². The van der Waals surface area contributed by atoms with E-state index in [1.165, 1.54) is 27.8 Å². The van der Waals surface area contributed by atoms with Gasteiger partial charge in [0.05, 0.1) is 6.42 Å². The van der Waals surface area contributed by atoms with Crippen molar-refractivity contribution in [1.29, 1.82) is 0 Å². The molecule has 1 amide bonds. The van der Waals surface area contributed by atoms with Crippen LogP contribution >= 0.6 is 11.8 Å². The molecule has 144 valence electrons. The zero-order valence-corrected chi connectivity index (χ0v) is 17.1. The highest BCUT2D eigenvalue weighted by atomic mass is 32.2. The molecule has 3 aromatic rings. The van der Waals surface area contributed by atoms with Crippen molar-refractivity contribution in [3.63, 3.8) is 0 Å². The summed E-state index contributed by atoms with van der Waals surface area (Å²) in [4.78, 5) is 15.1. The van der Waals surface area contributed by atoms with E-state index in [0.717, 1.165) is 36.4 Å². The van der Waals surface area contributed by atoms with Gasteiger partial charge < -0.3 is 5.32 Å². The first kappa shape index (κ1) is 19.0. The molecule has 1 N–H and O–H groups in total. The Kier molecular flexibility index (Phi) is 5.98. The fourth-order valence-electron chi connectivity index (χ4n) is 3.65. The summed E-state index contributed by atoms with van der Waals surface area (Å²) in [6.07, 6.45) is 0.387. The lowest BCUT2D eigenvalue weighted by Crippen LogP contribution is -2.32. The van der Waals surface area contributed by atoms with Crippen LogP contribution in [0.25, 0.3) is 10.8 Å². The van der Waals surface area contributed by atoms with Crippen LogP contribution in [-0.2, 0) is 17.8 Å². The molecule has 0 saturated carbocycles. The molecule has 1 heterocycles. The van der Waals surface area contributed by atoms with Gasteiger partial charge in [-0.05, 0) is 40.5 Å². The molecule has 28 heavy (non-hydrogen) atoms. The van der Waals surface area contributed by atoms with Gasteiger partial charge in [-0.25, -0.2) is 0 Å². The maximum absolute atomic E-state index is 12.6. The Hall–Kier alpha value is -2.30. The Morgan fingerprint density at radius 2 is 1.71 bits per heavy atom. The highest BCUT2D eigenvalue weighted by Gasteiger charge is 2.12. The first-order valence-corrected chi connectivity index (χ1v) is 11.0. The highest BCUT2D eigenvalue weighted by molar-refractivity contribution is 7.99. The van der Waals surface area contributed by atoms with E-state index in [0.29, 0.717) is 6.42 Å². The lowest BCUT2D eigenvalue weighted by Gasteiger charge is -2.26. The molecular formula is C24H26N2OS. The van der Waals surface area contributed by atoms with Crippen molar-refractivity contribution in [2.24, 2.45) is 0 Å². The number of nitrogens with one attached hydrogen (secondary N) is 1. The van der Waals surface area contributed by atoms with Crippen molar-refractivity contribution in [3.8, 4) is 0 Å². The van der Waals surface area contributed by atoms with Crippen molar-refractivity contribution in [1.82, 2.24) is 4.90 Å². The van der Waals surface area contributed by atoms with Gasteiger partial charge in [-0.1, -0.05) is 54.6 Å². The molecule has 0 radical (unpaired) electrons. The van der Waals surface area contributed by atoms with Crippen LogP contribution < -0.4 is 5.32 Å². The molecule has 0 atom stereocenters. The molecule has 0 aliphatic carbocycles. The number of benzene rings is 3. The van der Waals surface area contributed by atoms with Crippen LogP contribution in [0, 0.1) is 6.92 Å². The smallest absolute Gasteiger partial charge is 0.228 e. The van der Waals surface area contributed by atoms with Gasteiger partial charge in [0.2, 0.25) is 5.91 Å². The number of aryl methyl sites for hydroxylation is 1. The van der Waals surface area contributed by atoms with Gasteiger partial charge in [-0.15, -0.1) is 0 Å². The number of hydrogen-bond acceptors (Lipinski definition) is 3. The minimum Gasteiger partial charge on any atom is -0.326 e. The molecule has 3 nitrogen and oxygen atoms in total. The van der Waals surface area contributed by atoms with E-state index in [1.54, 1.807) is 0 Å². The fourth-order valence-corrected chi connectivity index (χ4v) is 4.63. The third-order valence-electron chi connectivity index (χ3n) is 5.26. The predicted molar refractivity (Wildman–Crippen MR) is 120 cm³/mol. The zero-order valence-electron chi connectivity index (χ0n) is 16.3. The fraction of sp³-hybridized carbons (Fsp3) is 0.292. The Bertz CT molecular complexity index is 979. The van der Waals surface area contributed by atoms with Gasteiger partial charge in [-0.3, -0.25) is 9.69 Å². The number of amides is 1. The number of fused-ring (bicyclic) bond motifs is 1. The summed E-state index contributed by atoms with van der Waals surface area (Å²) in [5.74, 6) is 2.45. The van der Waals surface area contributed by atoms with Gasteiger partial charge >= 0.3 is 0 Å². The third-order valence-corrected chi connectivity index (χ3v) is 6.21.